The highest BCUT2D eigenvalue weighted by molar-refractivity contribution is 5.92. The highest BCUT2D eigenvalue weighted by Gasteiger charge is 2.10. The molecule has 0 fully saturated rings. The van der Waals surface area contributed by atoms with Crippen LogP contribution in [0.5, 0.6) is 5.75 Å². The molecule has 26 heavy (non-hydrogen) atoms. The molecule has 3 rings (SSSR count). The molecule has 1 aliphatic rings. The molecule has 0 spiro atoms. The van der Waals surface area contributed by atoms with Gasteiger partial charge in [0, 0.05) is 24.4 Å². The number of benzene rings is 2. The molecule has 1 amide bonds. The van der Waals surface area contributed by atoms with Crippen LogP contribution in [0, 0.1) is 0 Å². The number of carbonyl (C=O) groups is 1. The average molecular weight is 352 g/mol. The molecule has 0 radical (unpaired) electrons. The molecule has 2 aromatic rings. The van der Waals surface area contributed by atoms with Crippen LogP contribution in [0.25, 0.3) is 0 Å². The number of ether oxygens (including phenoxy) is 1. The minimum Gasteiger partial charge on any atom is -0.492 e. The van der Waals surface area contributed by atoms with Crippen molar-refractivity contribution in [1.29, 1.82) is 0 Å². The van der Waals surface area contributed by atoms with E-state index in [4.69, 9.17) is 10.5 Å². The van der Waals surface area contributed by atoms with E-state index < -0.39 is 0 Å². The summed E-state index contributed by atoms with van der Waals surface area (Å²) in [6, 6.07) is 13.6. The molecule has 0 atom stereocenters. The lowest BCUT2D eigenvalue weighted by Gasteiger charge is -2.09. The van der Waals surface area contributed by atoms with Crippen LogP contribution in [-0.2, 0) is 17.6 Å². The standard InChI is InChI=1S/C20H24N4O2/c1-14(25)23-17-6-3-7-19(13-17)26-11-10-22-20(21)24-18-9-8-15-4-2-5-16(15)12-18/h3,6-9,12-13H,2,4-5,10-11H2,1H3,(H,23,25)(H3,21,22,24). The van der Waals surface area contributed by atoms with Gasteiger partial charge in [-0.15, -0.1) is 0 Å². The quantitative estimate of drug-likeness (QED) is 0.424. The largest absolute Gasteiger partial charge is 0.492 e. The number of nitrogens with two attached hydrogens (primary N) is 1. The van der Waals surface area contributed by atoms with Crippen molar-refractivity contribution < 1.29 is 9.53 Å². The fraction of sp³-hybridized carbons (Fsp3) is 0.300. The Kier molecular flexibility index (Phi) is 5.73. The lowest BCUT2D eigenvalue weighted by atomic mass is 10.1. The smallest absolute Gasteiger partial charge is 0.221 e. The van der Waals surface area contributed by atoms with Crippen LogP contribution in [-0.4, -0.2) is 25.0 Å². The zero-order valence-corrected chi connectivity index (χ0v) is 14.9. The molecule has 1 aliphatic carbocycles. The minimum absolute atomic E-state index is 0.114. The van der Waals surface area contributed by atoms with E-state index in [0.717, 1.165) is 12.1 Å². The van der Waals surface area contributed by atoms with Gasteiger partial charge in [-0.3, -0.25) is 4.79 Å². The number of aliphatic imine (C=N–C) groups is 1. The summed E-state index contributed by atoms with van der Waals surface area (Å²) >= 11 is 0. The monoisotopic (exact) mass is 352 g/mol. The lowest BCUT2D eigenvalue weighted by molar-refractivity contribution is -0.114. The van der Waals surface area contributed by atoms with Crippen molar-refractivity contribution in [3.63, 3.8) is 0 Å². The molecule has 4 N–H and O–H groups in total. The fourth-order valence-corrected chi connectivity index (χ4v) is 3.03. The second-order valence-electron chi connectivity index (χ2n) is 6.29. The summed E-state index contributed by atoms with van der Waals surface area (Å²) in [7, 11) is 0. The van der Waals surface area contributed by atoms with Gasteiger partial charge in [-0.25, -0.2) is 4.99 Å². The first-order valence-corrected chi connectivity index (χ1v) is 8.79. The number of nitrogens with one attached hydrogen (secondary N) is 2. The molecule has 136 valence electrons. The van der Waals surface area contributed by atoms with Crippen molar-refractivity contribution >= 4 is 23.2 Å². The summed E-state index contributed by atoms with van der Waals surface area (Å²) in [4.78, 5) is 15.4. The van der Waals surface area contributed by atoms with Gasteiger partial charge in [-0.05, 0) is 54.7 Å². The number of amides is 1. The van der Waals surface area contributed by atoms with Gasteiger partial charge in [0.15, 0.2) is 5.96 Å². The highest BCUT2D eigenvalue weighted by Crippen LogP contribution is 2.24. The number of guanidine groups is 1. The van der Waals surface area contributed by atoms with Crippen molar-refractivity contribution in [3.8, 4) is 5.75 Å². The number of fused-ring (bicyclic) bond motifs is 1. The van der Waals surface area contributed by atoms with E-state index in [-0.39, 0.29) is 5.91 Å². The van der Waals surface area contributed by atoms with Crippen LogP contribution < -0.4 is 21.1 Å². The maximum absolute atomic E-state index is 11.1. The number of aryl methyl sites for hydroxylation is 2. The topological polar surface area (TPSA) is 88.7 Å². The second kappa shape index (κ2) is 8.38. The zero-order valence-electron chi connectivity index (χ0n) is 14.9. The van der Waals surface area contributed by atoms with Crippen LogP contribution in [0.15, 0.2) is 47.5 Å². The minimum atomic E-state index is -0.114. The molecule has 0 aromatic heterocycles. The van der Waals surface area contributed by atoms with Gasteiger partial charge in [0.05, 0.1) is 6.54 Å². The highest BCUT2D eigenvalue weighted by atomic mass is 16.5. The first-order valence-electron chi connectivity index (χ1n) is 8.79. The Bertz CT molecular complexity index is 817. The van der Waals surface area contributed by atoms with Crippen LogP contribution in [0.2, 0.25) is 0 Å². The van der Waals surface area contributed by atoms with E-state index in [9.17, 15) is 4.79 Å². The first-order chi connectivity index (χ1) is 12.6. The van der Waals surface area contributed by atoms with Crippen LogP contribution in [0.3, 0.4) is 0 Å². The first kappa shape index (κ1) is 17.8. The summed E-state index contributed by atoms with van der Waals surface area (Å²) in [6.45, 7) is 2.31. The van der Waals surface area contributed by atoms with Crippen molar-refractivity contribution in [2.75, 3.05) is 23.8 Å². The number of hydrogen-bond acceptors (Lipinski definition) is 3. The molecule has 6 nitrogen and oxygen atoms in total. The number of nitrogens with zero attached hydrogens (tertiary/aromatic N) is 1. The summed E-state index contributed by atoms with van der Waals surface area (Å²) in [6.07, 6.45) is 3.52. The van der Waals surface area contributed by atoms with Crippen molar-refractivity contribution in [2.45, 2.75) is 26.2 Å². The molecule has 0 saturated heterocycles. The lowest BCUT2D eigenvalue weighted by Crippen LogP contribution is -2.23. The molecule has 0 heterocycles. The molecular formula is C20H24N4O2. The number of carbonyl (C=O) groups excluding carboxylic acids is 1. The van der Waals surface area contributed by atoms with Gasteiger partial charge in [0.2, 0.25) is 5.91 Å². The zero-order chi connectivity index (χ0) is 18.4. The molecule has 0 aliphatic heterocycles. The summed E-state index contributed by atoms with van der Waals surface area (Å²) in [5, 5.41) is 5.85. The molecule has 6 heteroatoms. The second-order valence-corrected chi connectivity index (χ2v) is 6.29. The predicted molar refractivity (Wildman–Crippen MR) is 105 cm³/mol. The maximum atomic E-state index is 11.1. The van der Waals surface area contributed by atoms with E-state index in [0.29, 0.717) is 30.5 Å². The summed E-state index contributed by atoms with van der Waals surface area (Å²) in [5.74, 6) is 0.937. The average Bonchev–Trinajstić information content (AvgIpc) is 3.06. The molecule has 0 unspecified atom stereocenters. The van der Waals surface area contributed by atoms with E-state index in [1.807, 2.05) is 24.3 Å². The third kappa shape index (κ3) is 4.99. The van der Waals surface area contributed by atoms with Gasteiger partial charge in [0.25, 0.3) is 0 Å². The van der Waals surface area contributed by atoms with Crippen LogP contribution in [0.4, 0.5) is 11.4 Å². The Morgan fingerprint density at radius 1 is 1.12 bits per heavy atom. The Morgan fingerprint density at radius 2 is 1.92 bits per heavy atom. The predicted octanol–water partition coefficient (Wildman–Crippen LogP) is 2.94. The van der Waals surface area contributed by atoms with Crippen molar-refractivity contribution in [2.24, 2.45) is 10.7 Å². The van der Waals surface area contributed by atoms with Gasteiger partial charge in [-0.2, -0.15) is 0 Å². The van der Waals surface area contributed by atoms with Gasteiger partial charge < -0.3 is 21.1 Å². The molecule has 2 aromatic carbocycles. The van der Waals surface area contributed by atoms with E-state index in [2.05, 4.69) is 27.8 Å². The van der Waals surface area contributed by atoms with Crippen molar-refractivity contribution in [1.82, 2.24) is 0 Å². The van der Waals surface area contributed by atoms with Crippen LogP contribution >= 0.6 is 0 Å². The number of hydrogen-bond donors (Lipinski definition) is 3. The third-order valence-electron chi connectivity index (χ3n) is 4.17. The van der Waals surface area contributed by atoms with Gasteiger partial charge in [-0.1, -0.05) is 12.1 Å². The maximum Gasteiger partial charge on any atom is 0.221 e. The van der Waals surface area contributed by atoms with E-state index >= 15 is 0 Å². The SMILES string of the molecule is CC(=O)Nc1cccc(OCCN=C(N)Nc2ccc3c(c2)CCC3)c1. The normalized spacial score (nSPS) is 13.2. The van der Waals surface area contributed by atoms with Gasteiger partial charge in [0.1, 0.15) is 12.4 Å². The Hall–Kier alpha value is -3.02. The Morgan fingerprint density at radius 3 is 2.77 bits per heavy atom. The molecular weight excluding hydrogens is 328 g/mol. The Balaban J connectivity index is 1.47. The number of anilines is 2. The molecule has 0 saturated carbocycles. The Labute approximate surface area is 153 Å². The molecule has 0 bridgehead atoms. The van der Waals surface area contributed by atoms with Gasteiger partial charge >= 0.3 is 0 Å². The van der Waals surface area contributed by atoms with E-state index in [1.165, 1.54) is 30.9 Å². The summed E-state index contributed by atoms with van der Waals surface area (Å²) in [5.41, 5.74) is 10.4. The fourth-order valence-electron chi connectivity index (χ4n) is 3.03. The van der Waals surface area contributed by atoms with E-state index in [1.54, 1.807) is 6.07 Å². The van der Waals surface area contributed by atoms with Crippen molar-refractivity contribution in [3.05, 3.63) is 53.6 Å². The number of rotatable bonds is 6. The third-order valence-corrected chi connectivity index (χ3v) is 4.17. The summed E-state index contributed by atoms with van der Waals surface area (Å²) < 4.78 is 5.65. The van der Waals surface area contributed by atoms with Crippen LogP contribution in [0.1, 0.15) is 24.5 Å².